The van der Waals surface area contributed by atoms with Gasteiger partial charge in [-0.2, -0.15) is 0 Å². The summed E-state index contributed by atoms with van der Waals surface area (Å²) in [6.45, 7) is 10.0. The molecule has 1 aliphatic heterocycles. The molecule has 1 aliphatic rings. The molecule has 2 aromatic rings. The zero-order valence-corrected chi connectivity index (χ0v) is 17.2. The molecule has 1 fully saturated rings. The van der Waals surface area contributed by atoms with E-state index in [1.165, 1.54) is 0 Å². The third-order valence-electron chi connectivity index (χ3n) is 5.04. The summed E-state index contributed by atoms with van der Waals surface area (Å²) in [5.41, 5.74) is 3.44. The predicted octanol–water partition coefficient (Wildman–Crippen LogP) is 4.57. The molecule has 150 valence electrons. The van der Waals surface area contributed by atoms with Gasteiger partial charge in [0.2, 0.25) is 0 Å². The lowest BCUT2D eigenvalue weighted by atomic mass is 9.92. The normalized spacial score (nSPS) is 16.6. The van der Waals surface area contributed by atoms with Gasteiger partial charge in [0.25, 0.3) is 5.91 Å². The number of anilines is 2. The Morgan fingerprint density at radius 1 is 1.11 bits per heavy atom. The Morgan fingerprint density at radius 2 is 1.82 bits per heavy atom. The third kappa shape index (κ3) is 4.87. The van der Waals surface area contributed by atoms with Crippen LogP contribution in [0.1, 0.15) is 74.0 Å². The van der Waals surface area contributed by atoms with Gasteiger partial charge >= 0.3 is 0 Å². The van der Waals surface area contributed by atoms with Crippen molar-refractivity contribution in [3.63, 3.8) is 0 Å². The average Bonchev–Trinajstić information content (AvgIpc) is 3.20. The largest absolute Gasteiger partial charge is 0.376 e. The summed E-state index contributed by atoms with van der Waals surface area (Å²) in [6.07, 6.45) is 2.40. The van der Waals surface area contributed by atoms with E-state index in [4.69, 9.17) is 4.74 Å². The van der Waals surface area contributed by atoms with E-state index < -0.39 is 0 Å². The van der Waals surface area contributed by atoms with Crippen LogP contribution in [0.25, 0.3) is 0 Å². The maximum Gasteiger partial charge on any atom is 0.276 e. The monoisotopic (exact) mass is 382 g/mol. The molecule has 1 aromatic heterocycles. The van der Waals surface area contributed by atoms with E-state index in [2.05, 4.69) is 66.7 Å². The average molecular weight is 383 g/mol. The van der Waals surface area contributed by atoms with Crippen LogP contribution in [-0.4, -0.2) is 35.4 Å². The topological polar surface area (TPSA) is 76.1 Å². The molecule has 0 bridgehead atoms. The van der Waals surface area contributed by atoms with Crippen LogP contribution in [0.4, 0.5) is 11.5 Å². The minimum Gasteiger partial charge on any atom is -0.376 e. The van der Waals surface area contributed by atoms with Crippen LogP contribution >= 0.6 is 0 Å². The van der Waals surface area contributed by atoms with Gasteiger partial charge in [0.05, 0.1) is 6.10 Å². The van der Waals surface area contributed by atoms with E-state index in [0.717, 1.165) is 36.3 Å². The summed E-state index contributed by atoms with van der Waals surface area (Å²) >= 11 is 0. The van der Waals surface area contributed by atoms with Gasteiger partial charge in [-0.15, -0.1) is 10.2 Å². The SMILES string of the molecule is CC(C)c1cccc(C(C)C)c1NC(=O)c1ccc(NCC2CCCO2)nn1. The maximum absolute atomic E-state index is 12.8. The maximum atomic E-state index is 12.8. The zero-order valence-electron chi connectivity index (χ0n) is 17.2. The molecule has 3 rings (SSSR count). The molecule has 0 saturated carbocycles. The lowest BCUT2D eigenvalue weighted by Crippen LogP contribution is -2.20. The van der Waals surface area contributed by atoms with Gasteiger partial charge in [-0.05, 0) is 47.9 Å². The fourth-order valence-corrected chi connectivity index (χ4v) is 3.44. The van der Waals surface area contributed by atoms with E-state index in [1.807, 2.05) is 0 Å². The number of nitrogens with zero attached hydrogens (tertiary/aromatic N) is 2. The molecule has 1 atom stereocenters. The van der Waals surface area contributed by atoms with Crippen molar-refractivity contribution in [2.45, 2.75) is 58.5 Å². The van der Waals surface area contributed by atoms with Crippen LogP contribution in [-0.2, 0) is 4.74 Å². The van der Waals surface area contributed by atoms with Gasteiger partial charge < -0.3 is 15.4 Å². The second-order valence-electron chi connectivity index (χ2n) is 7.89. The number of carbonyl (C=O) groups is 1. The minimum atomic E-state index is -0.242. The summed E-state index contributed by atoms with van der Waals surface area (Å²) in [5, 5.41) is 14.5. The van der Waals surface area contributed by atoms with Crippen molar-refractivity contribution in [2.75, 3.05) is 23.8 Å². The number of rotatable bonds is 7. The summed E-state index contributed by atoms with van der Waals surface area (Å²) in [7, 11) is 0. The second-order valence-corrected chi connectivity index (χ2v) is 7.89. The van der Waals surface area contributed by atoms with E-state index >= 15 is 0 Å². The van der Waals surface area contributed by atoms with Gasteiger partial charge in [0.1, 0.15) is 5.82 Å². The number of hydrogen-bond acceptors (Lipinski definition) is 5. The van der Waals surface area contributed by atoms with E-state index in [-0.39, 0.29) is 12.0 Å². The van der Waals surface area contributed by atoms with Crippen molar-refractivity contribution in [3.05, 3.63) is 47.2 Å². The molecule has 2 N–H and O–H groups in total. The van der Waals surface area contributed by atoms with Gasteiger partial charge in [-0.1, -0.05) is 45.9 Å². The van der Waals surface area contributed by atoms with Crippen LogP contribution in [0.5, 0.6) is 0 Å². The summed E-state index contributed by atoms with van der Waals surface area (Å²) < 4.78 is 5.59. The molecule has 1 unspecified atom stereocenters. The molecular weight excluding hydrogens is 352 g/mol. The highest BCUT2D eigenvalue weighted by molar-refractivity contribution is 6.03. The first-order chi connectivity index (χ1) is 13.5. The first-order valence-corrected chi connectivity index (χ1v) is 10.1. The number of hydrogen-bond donors (Lipinski definition) is 2. The molecule has 0 aliphatic carbocycles. The zero-order chi connectivity index (χ0) is 20.1. The predicted molar refractivity (Wildman–Crippen MR) is 112 cm³/mol. The molecular formula is C22H30N4O2. The van der Waals surface area contributed by atoms with Crippen LogP contribution in [0.3, 0.4) is 0 Å². The highest BCUT2D eigenvalue weighted by atomic mass is 16.5. The number of aromatic nitrogens is 2. The quantitative estimate of drug-likeness (QED) is 0.734. The molecule has 0 radical (unpaired) electrons. The fourth-order valence-electron chi connectivity index (χ4n) is 3.44. The fraction of sp³-hybridized carbons (Fsp3) is 0.500. The Morgan fingerprint density at radius 3 is 2.36 bits per heavy atom. The smallest absolute Gasteiger partial charge is 0.276 e. The van der Waals surface area contributed by atoms with E-state index in [1.54, 1.807) is 12.1 Å². The van der Waals surface area contributed by atoms with Gasteiger partial charge in [-0.3, -0.25) is 4.79 Å². The molecule has 1 amide bonds. The number of ether oxygens (including phenoxy) is 1. The highest BCUT2D eigenvalue weighted by Crippen LogP contribution is 2.32. The van der Waals surface area contributed by atoms with Crippen molar-refractivity contribution in [1.29, 1.82) is 0 Å². The molecule has 2 heterocycles. The van der Waals surface area contributed by atoms with Crippen molar-refractivity contribution in [3.8, 4) is 0 Å². The standard InChI is InChI=1S/C22H30N4O2/c1-14(2)17-8-5-9-18(15(3)4)21(17)24-22(27)19-10-11-20(26-25-19)23-13-16-7-6-12-28-16/h5,8-11,14-16H,6-7,12-13H2,1-4H3,(H,23,26)(H,24,27). The van der Waals surface area contributed by atoms with Crippen LogP contribution in [0, 0.1) is 0 Å². The Balaban J connectivity index is 1.71. The molecule has 0 spiro atoms. The van der Waals surface area contributed by atoms with Gasteiger partial charge in [0, 0.05) is 18.8 Å². The lowest BCUT2D eigenvalue weighted by Gasteiger charge is -2.20. The Labute approximate surface area is 167 Å². The summed E-state index contributed by atoms with van der Waals surface area (Å²) in [4.78, 5) is 12.8. The van der Waals surface area contributed by atoms with Crippen molar-refractivity contribution in [2.24, 2.45) is 0 Å². The summed E-state index contributed by atoms with van der Waals surface area (Å²) in [5.74, 6) is 1.03. The van der Waals surface area contributed by atoms with Gasteiger partial charge in [0.15, 0.2) is 5.69 Å². The molecule has 6 heteroatoms. The lowest BCUT2D eigenvalue weighted by molar-refractivity contribution is 0.102. The van der Waals surface area contributed by atoms with E-state index in [0.29, 0.717) is 29.9 Å². The molecule has 28 heavy (non-hydrogen) atoms. The molecule has 1 aromatic carbocycles. The molecule has 6 nitrogen and oxygen atoms in total. The summed E-state index contributed by atoms with van der Waals surface area (Å²) in [6, 6.07) is 9.67. The van der Waals surface area contributed by atoms with E-state index in [9.17, 15) is 4.79 Å². The number of carbonyl (C=O) groups excluding carboxylic acids is 1. The van der Waals surface area contributed by atoms with Crippen LogP contribution in [0.2, 0.25) is 0 Å². The van der Waals surface area contributed by atoms with Crippen LogP contribution < -0.4 is 10.6 Å². The Kier molecular flexibility index (Phi) is 6.62. The number of nitrogens with one attached hydrogen (secondary N) is 2. The third-order valence-corrected chi connectivity index (χ3v) is 5.04. The minimum absolute atomic E-state index is 0.228. The highest BCUT2D eigenvalue weighted by Gasteiger charge is 2.18. The first kappa shape index (κ1) is 20.3. The van der Waals surface area contributed by atoms with Gasteiger partial charge in [-0.25, -0.2) is 0 Å². The van der Waals surface area contributed by atoms with Crippen molar-refractivity contribution < 1.29 is 9.53 Å². The van der Waals surface area contributed by atoms with Crippen LogP contribution in [0.15, 0.2) is 30.3 Å². The number of para-hydroxylation sites is 1. The molecule has 1 saturated heterocycles. The Hall–Kier alpha value is -2.47. The van der Waals surface area contributed by atoms with Crippen molar-refractivity contribution >= 4 is 17.4 Å². The number of benzene rings is 1. The Bertz CT molecular complexity index is 770. The number of amides is 1. The second kappa shape index (κ2) is 9.15. The first-order valence-electron chi connectivity index (χ1n) is 10.1. The van der Waals surface area contributed by atoms with Crippen molar-refractivity contribution in [1.82, 2.24) is 10.2 Å².